The van der Waals surface area contributed by atoms with Gasteiger partial charge in [-0.1, -0.05) is 47.6 Å². The van der Waals surface area contributed by atoms with Crippen LogP contribution in [0.2, 0.25) is 0 Å². The molecule has 0 saturated heterocycles. The molecule has 0 aliphatic carbocycles. The molecule has 1 aromatic heterocycles. The normalized spacial score (nSPS) is 10.5. The summed E-state index contributed by atoms with van der Waals surface area (Å²) in [6.45, 7) is 2.43. The van der Waals surface area contributed by atoms with E-state index in [4.69, 9.17) is 9.26 Å². The van der Waals surface area contributed by atoms with Gasteiger partial charge >= 0.3 is 0 Å². The molecule has 29 heavy (non-hydrogen) atoms. The van der Waals surface area contributed by atoms with E-state index in [1.54, 1.807) is 30.3 Å². The van der Waals surface area contributed by atoms with Gasteiger partial charge in [0.2, 0.25) is 5.82 Å². The van der Waals surface area contributed by atoms with E-state index in [0.29, 0.717) is 35.3 Å². The van der Waals surface area contributed by atoms with E-state index in [9.17, 15) is 4.79 Å². The number of benzene rings is 3. The van der Waals surface area contributed by atoms with Crippen molar-refractivity contribution >= 4 is 11.6 Å². The molecule has 0 aliphatic heterocycles. The minimum Gasteiger partial charge on any atom is -0.492 e. The van der Waals surface area contributed by atoms with Gasteiger partial charge in [-0.2, -0.15) is 4.98 Å². The van der Waals surface area contributed by atoms with Crippen molar-refractivity contribution in [3.63, 3.8) is 0 Å². The highest BCUT2D eigenvalue weighted by Crippen LogP contribution is 2.25. The zero-order valence-electron chi connectivity index (χ0n) is 15.8. The molecule has 0 spiro atoms. The molecule has 0 unspecified atom stereocenters. The van der Waals surface area contributed by atoms with E-state index in [2.05, 4.69) is 15.5 Å². The van der Waals surface area contributed by atoms with Gasteiger partial charge in [-0.05, 0) is 43.3 Å². The molecule has 3 aromatic carbocycles. The molecule has 6 nitrogen and oxygen atoms in total. The lowest BCUT2D eigenvalue weighted by Crippen LogP contribution is -2.12. The molecule has 0 bridgehead atoms. The molecular weight excluding hydrogens is 366 g/mol. The lowest BCUT2D eigenvalue weighted by molar-refractivity contribution is 0.102. The Hall–Kier alpha value is -3.93. The smallest absolute Gasteiger partial charge is 0.258 e. The van der Waals surface area contributed by atoms with Crippen LogP contribution in [-0.4, -0.2) is 22.7 Å². The summed E-state index contributed by atoms with van der Waals surface area (Å²) in [6.07, 6.45) is 0. The molecule has 0 atom stereocenters. The van der Waals surface area contributed by atoms with Crippen molar-refractivity contribution in [2.24, 2.45) is 0 Å². The monoisotopic (exact) mass is 385 g/mol. The van der Waals surface area contributed by atoms with Gasteiger partial charge in [-0.3, -0.25) is 4.79 Å². The molecule has 0 saturated carbocycles. The van der Waals surface area contributed by atoms with Crippen molar-refractivity contribution in [2.45, 2.75) is 6.92 Å². The van der Waals surface area contributed by atoms with E-state index in [0.717, 1.165) is 11.1 Å². The van der Waals surface area contributed by atoms with Crippen LogP contribution < -0.4 is 10.1 Å². The first-order valence-electron chi connectivity index (χ1n) is 9.27. The van der Waals surface area contributed by atoms with Crippen LogP contribution >= 0.6 is 0 Å². The van der Waals surface area contributed by atoms with Gasteiger partial charge < -0.3 is 14.6 Å². The third kappa shape index (κ3) is 4.16. The van der Waals surface area contributed by atoms with E-state index >= 15 is 0 Å². The molecule has 144 valence electrons. The van der Waals surface area contributed by atoms with Crippen molar-refractivity contribution in [2.75, 3.05) is 11.9 Å². The maximum absolute atomic E-state index is 12.6. The highest BCUT2D eigenvalue weighted by Gasteiger charge is 2.13. The van der Waals surface area contributed by atoms with Crippen LogP contribution in [0.5, 0.6) is 5.75 Å². The van der Waals surface area contributed by atoms with Crippen LogP contribution in [0.1, 0.15) is 17.3 Å². The minimum atomic E-state index is -0.223. The predicted octanol–water partition coefficient (Wildman–Crippen LogP) is 5.05. The van der Waals surface area contributed by atoms with E-state index in [1.807, 2.05) is 55.5 Å². The Bertz CT molecular complexity index is 1110. The van der Waals surface area contributed by atoms with E-state index in [1.165, 1.54) is 0 Å². The van der Waals surface area contributed by atoms with Gasteiger partial charge in [0.15, 0.2) is 0 Å². The van der Waals surface area contributed by atoms with Gasteiger partial charge in [0.1, 0.15) is 5.75 Å². The fourth-order valence-corrected chi connectivity index (χ4v) is 2.86. The summed E-state index contributed by atoms with van der Waals surface area (Å²) in [5.74, 6) is 1.34. The fourth-order valence-electron chi connectivity index (χ4n) is 2.86. The molecule has 6 heteroatoms. The number of carbonyl (C=O) groups is 1. The maximum Gasteiger partial charge on any atom is 0.258 e. The summed E-state index contributed by atoms with van der Waals surface area (Å²) in [5.41, 5.74) is 2.77. The second-order valence-electron chi connectivity index (χ2n) is 6.25. The molecule has 4 aromatic rings. The molecule has 0 radical (unpaired) electrons. The number of nitrogens with zero attached hydrogens (tertiary/aromatic N) is 2. The van der Waals surface area contributed by atoms with Crippen LogP contribution in [0.4, 0.5) is 5.69 Å². The first kappa shape index (κ1) is 18.4. The van der Waals surface area contributed by atoms with Crippen LogP contribution in [0.15, 0.2) is 83.4 Å². The second-order valence-corrected chi connectivity index (χ2v) is 6.25. The number of hydrogen-bond donors (Lipinski definition) is 1. The first-order chi connectivity index (χ1) is 14.2. The number of carbonyl (C=O) groups excluding carboxylic acids is 1. The molecule has 1 heterocycles. The summed E-state index contributed by atoms with van der Waals surface area (Å²) in [5, 5.41) is 6.91. The molecule has 0 aliphatic rings. The number of nitrogens with one attached hydrogen (secondary N) is 1. The Morgan fingerprint density at radius 3 is 2.41 bits per heavy atom. The minimum absolute atomic E-state index is 0.223. The SMILES string of the molecule is CCOc1ccccc1NC(=O)c1ccc(-c2nc(-c3ccccc3)no2)cc1. The van der Waals surface area contributed by atoms with Gasteiger partial charge in [0.05, 0.1) is 12.3 Å². The largest absolute Gasteiger partial charge is 0.492 e. The van der Waals surface area contributed by atoms with E-state index < -0.39 is 0 Å². The number of hydrogen-bond acceptors (Lipinski definition) is 5. The third-order valence-corrected chi connectivity index (χ3v) is 4.29. The van der Waals surface area contributed by atoms with Crippen molar-refractivity contribution in [3.8, 4) is 28.6 Å². The van der Waals surface area contributed by atoms with Crippen molar-refractivity contribution in [3.05, 3.63) is 84.4 Å². The maximum atomic E-state index is 12.6. The molecule has 0 fully saturated rings. The molecule has 1 amide bonds. The van der Waals surface area contributed by atoms with Crippen molar-refractivity contribution in [1.29, 1.82) is 0 Å². The molecule has 1 N–H and O–H groups in total. The standard InChI is InChI=1S/C23H19N3O3/c1-2-28-20-11-7-6-10-19(20)24-22(27)17-12-14-18(15-13-17)23-25-21(26-29-23)16-8-4-3-5-9-16/h3-15H,2H2,1H3,(H,24,27). The quantitative estimate of drug-likeness (QED) is 0.502. The average molecular weight is 385 g/mol. The molecular formula is C23H19N3O3. The van der Waals surface area contributed by atoms with Crippen molar-refractivity contribution in [1.82, 2.24) is 10.1 Å². The van der Waals surface area contributed by atoms with Gasteiger partial charge in [0, 0.05) is 16.7 Å². The van der Waals surface area contributed by atoms with Crippen LogP contribution in [0.25, 0.3) is 22.8 Å². The number of aromatic nitrogens is 2. The number of amides is 1. The van der Waals surface area contributed by atoms with Crippen molar-refractivity contribution < 1.29 is 14.1 Å². The Balaban J connectivity index is 1.50. The summed E-state index contributed by atoms with van der Waals surface area (Å²) in [4.78, 5) is 17.0. The Morgan fingerprint density at radius 2 is 1.66 bits per heavy atom. The number of anilines is 1. The van der Waals surface area contributed by atoms with Gasteiger partial charge in [-0.15, -0.1) is 0 Å². The highest BCUT2D eigenvalue weighted by atomic mass is 16.5. The summed E-state index contributed by atoms with van der Waals surface area (Å²) >= 11 is 0. The van der Waals surface area contributed by atoms with Crippen LogP contribution in [0.3, 0.4) is 0 Å². The molecule has 4 rings (SSSR count). The van der Waals surface area contributed by atoms with Gasteiger partial charge in [0.25, 0.3) is 11.8 Å². The highest BCUT2D eigenvalue weighted by molar-refractivity contribution is 6.05. The fraction of sp³-hybridized carbons (Fsp3) is 0.0870. The topological polar surface area (TPSA) is 77.2 Å². The second kappa shape index (κ2) is 8.39. The van der Waals surface area contributed by atoms with E-state index in [-0.39, 0.29) is 5.91 Å². The Kier molecular flexibility index (Phi) is 5.33. The summed E-state index contributed by atoms with van der Waals surface area (Å²) < 4.78 is 10.9. The van der Waals surface area contributed by atoms with Crippen LogP contribution in [-0.2, 0) is 0 Å². The first-order valence-corrected chi connectivity index (χ1v) is 9.27. The van der Waals surface area contributed by atoms with Crippen LogP contribution in [0, 0.1) is 0 Å². The van der Waals surface area contributed by atoms with Gasteiger partial charge in [-0.25, -0.2) is 0 Å². The summed E-state index contributed by atoms with van der Waals surface area (Å²) in [6, 6.07) is 24.0. The zero-order valence-corrected chi connectivity index (χ0v) is 15.8. The summed E-state index contributed by atoms with van der Waals surface area (Å²) in [7, 11) is 0. The predicted molar refractivity (Wildman–Crippen MR) is 111 cm³/mol. The Morgan fingerprint density at radius 1 is 0.931 bits per heavy atom. The average Bonchev–Trinajstić information content (AvgIpc) is 3.26. The lowest BCUT2D eigenvalue weighted by atomic mass is 10.1. The number of ether oxygens (including phenoxy) is 1. The zero-order chi connectivity index (χ0) is 20.1. The Labute approximate surface area is 168 Å². The lowest BCUT2D eigenvalue weighted by Gasteiger charge is -2.11. The third-order valence-electron chi connectivity index (χ3n) is 4.29. The number of rotatable bonds is 6. The number of para-hydroxylation sites is 2.